The zero-order valence-corrected chi connectivity index (χ0v) is 28.4. The van der Waals surface area contributed by atoms with Crippen molar-refractivity contribution in [1.29, 1.82) is 0 Å². The quantitative estimate of drug-likeness (QED) is 0.177. The molecule has 7 aromatic carbocycles. The van der Waals surface area contributed by atoms with E-state index in [2.05, 4.69) is 180 Å². The topological polar surface area (TPSA) is 30.7 Å². The van der Waals surface area contributed by atoms with Crippen LogP contribution in [0, 0.1) is 0 Å². The third kappa shape index (κ3) is 4.53. The molecule has 0 aliphatic heterocycles. The van der Waals surface area contributed by atoms with Gasteiger partial charge in [0.25, 0.3) is 0 Å². The van der Waals surface area contributed by atoms with E-state index in [1.807, 2.05) is 24.4 Å². The number of hydrogen-bond acceptors (Lipinski definition) is 2. The lowest BCUT2D eigenvalue weighted by atomic mass is 9.67. The molecule has 0 radical (unpaired) electrons. The van der Waals surface area contributed by atoms with Crippen molar-refractivity contribution in [2.24, 2.45) is 0 Å². The van der Waals surface area contributed by atoms with E-state index >= 15 is 0 Å². The maximum atomic E-state index is 5.07. The summed E-state index contributed by atoms with van der Waals surface area (Å²) in [5.74, 6) is 0.927. The Hall–Kier alpha value is -6.84. The number of para-hydroxylation sites is 2. The van der Waals surface area contributed by atoms with Crippen molar-refractivity contribution < 1.29 is 0 Å². The van der Waals surface area contributed by atoms with Crippen molar-refractivity contribution in [2.45, 2.75) is 5.41 Å². The Bertz CT molecular complexity index is 2660. The van der Waals surface area contributed by atoms with Gasteiger partial charge in [0.15, 0.2) is 0 Å². The van der Waals surface area contributed by atoms with Crippen LogP contribution in [-0.2, 0) is 5.41 Å². The number of aromatic nitrogens is 3. The summed E-state index contributed by atoms with van der Waals surface area (Å²) in [7, 11) is 0. The molecule has 244 valence electrons. The second-order valence-corrected chi connectivity index (χ2v) is 13.3. The van der Waals surface area contributed by atoms with Crippen molar-refractivity contribution in [3.05, 3.63) is 223 Å². The zero-order chi connectivity index (χ0) is 34.5. The van der Waals surface area contributed by atoms with Gasteiger partial charge in [0.2, 0.25) is 0 Å². The maximum absolute atomic E-state index is 5.07. The molecule has 0 unspecified atom stereocenters. The van der Waals surface area contributed by atoms with Crippen LogP contribution < -0.4 is 0 Å². The zero-order valence-electron chi connectivity index (χ0n) is 28.4. The third-order valence-corrected chi connectivity index (χ3v) is 10.6. The summed E-state index contributed by atoms with van der Waals surface area (Å²) in [6, 6.07) is 69.5. The largest absolute Gasteiger partial charge is 0.292 e. The summed E-state index contributed by atoms with van der Waals surface area (Å²) in [4.78, 5) is 10.1. The fraction of sp³-hybridized carbons (Fsp3) is 0.0204. The van der Waals surface area contributed by atoms with Gasteiger partial charge in [0, 0.05) is 23.0 Å². The molecule has 0 atom stereocenters. The second-order valence-electron chi connectivity index (χ2n) is 13.3. The molecule has 52 heavy (non-hydrogen) atoms. The predicted molar refractivity (Wildman–Crippen MR) is 212 cm³/mol. The van der Waals surface area contributed by atoms with Gasteiger partial charge < -0.3 is 0 Å². The number of benzene rings is 7. The highest BCUT2D eigenvalue weighted by Crippen LogP contribution is 2.59. The average Bonchev–Trinajstić information content (AvgIpc) is 3.77. The Morgan fingerprint density at radius 1 is 0.423 bits per heavy atom. The van der Waals surface area contributed by atoms with E-state index < -0.39 is 5.41 Å². The van der Waals surface area contributed by atoms with Crippen LogP contribution in [-0.4, -0.2) is 14.5 Å². The van der Waals surface area contributed by atoms with Crippen LogP contribution in [0.5, 0.6) is 0 Å². The third-order valence-electron chi connectivity index (χ3n) is 10.6. The lowest BCUT2D eigenvalue weighted by Crippen LogP contribution is -2.28. The highest BCUT2D eigenvalue weighted by Gasteiger charge is 2.47. The summed E-state index contributed by atoms with van der Waals surface area (Å²) in [6.45, 7) is 0. The SMILES string of the molecule is c1ccc(-c2nc3ccccc3n2-c2ccc(-c3ccc4c(c3-c3ccccn3)-c3ccccc3C4(c3ccccc3)c3ccccc3)cc2)cc1. The summed E-state index contributed by atoms with van der Waals surface area (Å²) in [5, 5.41) is 0. The number of fused-ring (bicyclic) bond motifs is 4. The van der Waals surface area contributed by atoms with Gasteiger partial charge in [0.1, 0.15) is 5.82 Å². The van der Waals surface area contributed by atoms with E-state index in [0.717, 1.165) is 50.5 Å². The van der Waals surface area contributed by atoms with Crippen LogP contribution in [0.4, 0.5) is 0 Å². The number of imidazole rings is 1. The van der Waals surface area contributed by atoms with Gasteiger partial charge in [-0.05, 0) is 80.9 Å². The van der Waals surface area contributed by atoms with E-state index in [-0.39, 0.29) is 0 Å². The van der Waals surface area contributed by atoms with Gasteiger partial charge in [-0.3, -0.25) is 9.55 Å². The minimum atomic E-state index is -0.489. The average molecular weight is 664 g/mol. The minimum absolute atomic E-state index is 0.489. The molecule has 0 saturated heterocycles. The van der Waals surface area contributed by atoms with Crippen LogP contribution in [0.3, 0.4) is 0 Å². The first-order valence-electron chi connectivity index (χ1n) is 17.8. The molecule has 2 heterocycles. The molecule has 3 heteroatoms. The number of nitrogens with zero attached hydrogens (tertiary/aromatic N) is 3. The monoisotopic (exact) mass is 663 g/mol. The number of rotatable bonds is 6. The fourth-order valence-corrected chi connectivity index (χ4v) is 8.41. The Labute approximate surface area is 303 Å². The molecule has 9 aromatic rings. The lowest BCUT2D eigenvalue weighted by Gasteiger charge is -2.34. The van der Waals surface area contributed by atoms with E-state index in [1.54, 1.807) is 0 Å². The molecule has 0 spiro atoms. The molecule has 1 aliphatic rings. The van der Waals surface area contributed by atoms with Gasteiger partial charge in [-0.1, -0.05) is 158 Å². The van der Waals surface area contributed by atoms with Crippen LogP contribution >= 0.6 is 0 Å². The summed E-state index contributed by atoms with van der Waals surface area (Å²) in [5.41, 5.74) is 15.6. The Morgan fingerprint density at radius 3 is 1.77 bits per heavy atom. The van der Waals surface area contributed by atoms with E-state index in [0.29, 0.717) is 0 Å². The fourth-order valence-electron chi connectivity index (χ4n) is 8.41. The maximum Gasteiger partial charge on any atom is 0.145 e. The highest BCUT2D eigenvalue weighted by atomic mass is 15.1. The molecule has 0 saturated carbocycles. The first kappa shape index (κ1) is 30.0. The summed E-state index contributed by atoms with van der Waals surface area (Å²) < 4.78 is 2.27. The van der Waals surface area contributed by atoms with Crippen LogP contribution in [0.1, 0.15) is 22.3 Å². The van der Waals surface area contributed by atoms with E-state index in [1.165, 1.54) is 33.4 Å². The normalized spacial score (nSPS) is 12.8. The molecule has 0 fully saturated rings. The van der Waals surface area contributed by atoms with Crippen LogP contribution in [0.25, 0.3) is 61.6 Å². The van der Waals surface area contributed by atoms with Crippen LogP contribution in [0.15, 0.2) is 200 Å². The Kier molecular flexibility index (Phi) is 7.04. The smallest absolute Gasteiger partial charge is 0.145 e. The molecular formula is C49H33N3. The lowest BCUT2D eigenvalue weighted by molar-refractivity contribution is 0.768. The number of hydrogen-bond donors (Lipinski definition) is 0. The molecular weight excluding hydrogens is 631 g/mol. The second kappa shape index (κ2) is 12.2. The van der Waals surface area contributed by atoms with Crippen molar-refractivity contribution in [1.82, 2.24) is 14.5 Å². The highest BCUT2D eigenvalue weighted by molar-refractivity contribution is 6.01. The molecule has 2 aromatic heterocycles. The molecule has 0 amide bonds. The molecule has 1 aliphatic carbocycles. The Balaban J connectivity index is 1.22. The predicted octanol–water partition coefficient (Wildman–Crippen LogP) is 11.8. The molecule has 3 nitrogen and oxygen atoms in total. The van der Waals surface area contributed by atoms with Gasteiger partial charge in [-0.15, -0.1) is 0 Å². The van der Waals surface area contributed by atoms with Gasteiger partial charge in [-0.25, -0.2) is 4.98 Å². The molecule has 0 N–H and O–H groups in total. The number of pyridine rings is 1. The van der Waals surface area contributed by atoms with E-state index in [9.17, 15) is 0 Å². The van der Waals surface area contributed by atoms with Gasteiger partial charge in [-0.2, -0.15) is 0 Å². The molecule has 10 rings (SSSR count). The summed E-state index contributed by atoms with van der Waals surface area (Å²) >= 11 is 0. The van der Waals surface area contributed by atoms with Crippen molar-refractivity contribution >= 4 is 11.0 Å². The minimum Gasteiger partial charge on any atom is -0.292 e. The Morgan fingerprint density at radius 2 is 1.06 bits per heavy atom. The van der Waals surface area contributed by atoms with E-state index in [4.69, 9.17) is 9.97 Å². The van der Waals surface area contributed by atoms with Gasteiger partial charge >= 0.3 is 0 Å². The van der Waals surface area contributed by atoms with Crippen molar-refractivity contribution in [2.75, 3.05) is 0 Å². The summed E-state index contributed by atoms with van der Waals surface area (Å²) in [6.07, 6.45) is 1.90. The standard InChI is InChI=1S/C49H33N3/c1-4-16-35(17-5-1)48-51-43-24-12-13-26-45(43)52(48)38-29-27-34(28-30-38)39-31-32-42-46(47(39)44-25-14-15-33-50-44)40-22-10-11-23-41(40)49(42,36-18-6-2-7-19-36)37-20-8-3-9-21-37/h1-33H. The molecule has 0 bridgehead atoms. The van der Waals surface area contributed by atoms with Crippen molar-refractivity contribution in [3.8, 4) is 50.6 Å². The van der Waals surface area contributed by atoms with Crippen molar-refractivity contribution in [3.63, 3.8) is 0 Å². The van der Waals surface area contributed by atoms with Crippen LogP contribution in [0.2, 0.25) is 0 Å². The first-order chi connectivity index (χ1) is 25.8. The first-order valence-corrected chi connectivity index (χ1v) is 17.8. The van der Waals surface area contributed by atoms with Gasteiger partial charge in [0.05, 0.1) is 22.1 Å².